The van der Waals surface area contributed by atoms with Gasteiger partial charge in [0.2, 0.25) is 41.4 Å². The summed E-state index contributed by atoms with van der Waals surface area (Å²) in [6.45, 7) is 10.6. The molecule has 0 radical (unpaired) electrons. The van der Waals surface area contributed by atoms with Gasteiger partial charge in [0.25, 0.3) is 11.5 Å². The molecule has 100 heavy (non-hydrogen) atoms. The van der Waals surface area contributed by atoms with Crippen LogP contribution in [0.25, 0.3) is 11.2 Å². The normalized spacial score (nSPS) is 13.1. The van der Waals surface area contributed by atoms with Gasteiger partial charge in [-0.25, -0.2) is 34.2 Å². The van der Waals surface area contributed by atoms with Crippen LogP contribution in [0.3, 0.4) is 0 Å². The Kier molecular flexibility index (Phi) is 29.9. The summed E-state index contributed by atoms with van der Waals surface area (Å²) in [6, 6.07) is -5.15. The van der Waals surface area contributed by atoms with Crippen LogP contribution < -0.4 is 64.9 Å². The van der Waals surface area contributed by atoms with E-state index in [0.717, 1.165) is 12.5 Å². The first-order valence-corrected chi connectivity index (χ1v) is 37.9. The van der Waals surface area contributed by atoms with E-state index in [9.17, 15) is 87.9 Å². The van der Waals surface area contributed by atoms with Crippen molar-refractivity contribution >= 4 is 128 Å². The van der Waals surface area contributed by atoms with E-state index >= 15 is 0 Å². The molecule has 0 saturated heterocycles. The van der Waals surface area contributed by atoms with Crippen LogP contribution in [-0.4, -0.2) is 219 Å². The molecule has 5 aromatic rings. The second-order valence-corrected chi connectivity index (χ2v) is 33.9. The molecule has 0 unspecified atom stereocenters. The third-order valence-electron chi connectivity index (χ3n) is 14.1. The number of benzene rings is 1. The Morgan fingerprint density at radius 2 is 1.23 bits per heavy atom. The Labute approximate surface area is 574 Å². The number of carboxylic acid groups (broad SMARTS) is 5. The fourth-order valence-electron chi connectivity index (χ4n) is 9.52. The van der Waals surface area contributed by atoms with Crippen LogP contribution in [0.2, 0.25) is 32.2 Å². The number of aliphatic carboxylic acids is 5. The molecular weight excluding hydrogens is 1370 g/mol. The SMILES string of the molecule is CC(=O)NCCC[Si](C)(C)O[Si](C)(C)CSc1ncc(Cn2cc(C[C@H](NC(=O)[C@H](CC(=O)O)NC(=O)[C@H](CC(=O)O)NC(=O)[C@H](CCCNC(=N)N)NC(=O)[C@H](CC(=O)O)NC(=O)CC[C@H](NC(=O)c3ccc(NCc4cnc5nc(N)[nH]c(=O)c5n4)cc3)C(=O)O)C(=O)O)nn2)cn1. The van der Waals surface area contributed by atoms with E-state index in [-0.39, 0.29) is 60.3 Å². The third-order valence-corrected chi connectivity index (χ3v) is 23.9. The van der Waals surface area contributed by atoms with Gasteiger partial charge in [0, 0.05) is 73.6 Å². The average Bonchev–Trinajstić information content (AvgIpc) is 0.879. The molecular formula is C57H79N21O19SSi2. The lowest BCUT2D eigenvalue weighted by molar-refractivity contribution is -0.145. The van der Waals surface area contributed by atoms with E-state index in [0.29, 0.717) is 34.0 Å². The minimum atomic E-state index is -2.17. The summed E-state index contributed by atoms with van der Waals surface area (Å²) in [5, 5.41) is 87.2. The number of aromatic amines is 1. The fraction of sp³-hybridized carbons (Fsp3) is 0.456. The number of carboxylic acids is 5. The van der Waals surface area contributed by atoms with Crippen LogP contribution in [-0.2, 0) is 76.4 Å². The Bertz CT molecular complexity index is 3870. The number of H-pyrrole nitrogens is 1. The van der Waals surface area contributed by atoms with Gasteiger partial charge in [-0.1, -0.05) is 17.0 Å². The number of anilines is 2. The molecule has 43 heteroatoms. The van der Waals surface area contributed by atoms with Gasteiger partial charge in [-0.15, -0.1) is 5.10 Å². The van der Waals surface area contributed by atoms with Crippen molar-refractivity contribution < 1.29 is 87.2 Å². The molecule has 0 bridgehead atoms. The largest absolute Gasteiger partial charge is 0.481 e. The zero-order chi connectivity index (χ0) is 74.0. The number of thioether (sulfide) groups is 1. The van der Waals surface area contributed by atoms with Gasteiger partial charge in [-0.05, 0) is 82.2 Å². The molecule has 0 fully saturated rings. The number of fused-ring (bicyclic) bond motifs is 1. The van der Waals surface area contributed by atoms with Gasteiger partial charge >= 0.3 is 29.8 Å². The van der Waals surface area contributed by atoms with E-state index in [2.05, 4.69) is 109 Å². The molecule has 20 N–H and O–H groups in total. The number of amides is 7. The zero-order valence-corrected chi connectivity index (χ0v) is 57.6. The summed E-state index contributed by atoms with van der Waals surface area (Å²) in [4.78, 5) is 190. The van der Waals surface area contributed by atoms with Gasteiger partial charge in [0.05, 0.1) is 49.9 Å². The summed E-state index contributed by atoms with van der Waals surface area (Å²) in [7, 11) is -4.19. The van der Waals surface area contributed by atoms with Gasteiger partial charge in [0.1, 0.15) is 36.3 Å². The molecule has 0 spiro atoms. The Hall–Kier alpha value is -11.1. The minimum absolute atomic E-state index is 0.0146. The van der Waals surface area contributed by atoms with E-state index in [1.165, 1.54) is 60.0 Å². The number of aromatic nitrogens is 9. The molecule has 540 valence electrons. The molecule has 7 amide bonds. The first kappa shape index (κ1) is 79.6. The number of nitrogens with zero attached hydrogens (tertiary/aromatic N) is 8. The second kappa shape index (κ2) is 37.6. The Balaban J connectivity index is 1.18. The van der Waals surface area contributed by atoms with E-state index in [1.54, 1.807) is 12.4 Å². The maximum absolute atomic E-state index is 14.0. The number of hydrogen-bond donors (Lipinski definition) is 18. The summed E-state index contributed by atoms with van der Waals surface area (Å²) >= 11 is 1.45. The highest BCUT2D eigenvalue weighted by Gasteiger charge is 2.37. The number of guanidine groups is 1. The molecule has 4 aromatic heterocycles. The summed E-state index contributed by atoms with van der Waals surface area (Å²) in [5.41, 5.74) is 11.7. The quantitative estimate of drug-likeness (QED) is 0.00473. The van der Waals surface area contributed by atoms with Crippen molar-refractivity contribution in [3.8, 4) is 0 Å². The second-order valence-electron chi connectivity index (χ2n) is 23.8. The van der Waals surface area contributed by atoms with Crippen molar-refractivity contribution in [1.82, 2.24) is 87.4 Å². The number of nitrogens with two attached hydrogens (primary N) is 2. The molecule has 1 aromatic carbocycles. The van der Waals surface area contributed by atoms with Gasteiger partial charge < -0.3 is 89.0 Å². The molecule has 0 saturated carbocycles. The van der Waals surface area contributed by atoms with Crippen LogP contribution in [0.1, 0.15) is 85.6 Å². The van der Waals surface area contributed by atoms with Gasteiger partial charge in [-0.3, -0.25) is 63.1 Å². The molecule has 6 atom stereocenters. The first-order valence-electron chi connectivity index (χ1n) is 30.7. The van der Waals surface area contributed by atoms with Gasteiger partial charge in [0.15, 0.2) is 38.9 Å². The maximum atomic E-state index is 14.0. The molecule has 0 aliphatic rings. The molecule has 0 aliphatic heterocycles. The predicted molar refractivity (Wildman–Crippen MR) is 357 cm³/mol. The van der Waals surface area contributed by atoms with Gasteiger partial charge in [-0.2, -0.15) is 4.98 Å². The number of nitrogen functional groups attached to an aromatic ring is 1. The molecule has 40 nitrogen and oxygen atoms in total. The first-order chi connectivity index (χ1) is 47.0. The standard InChI is InChI=1S/C57H79N21O19SSi2/c1-29(79)61-16-7-17-99(2,3)97-100(4,5)28-98-57-65-22-30(23-66-57)26-78-27-33(76-77-78)18-40(54(95)96)73-51(91)39(21-44(85)86)72-50(90)38(20-43(83)84)71-48(88)35(8-6-15-62-55(58)59)69-49(89)37(19-42(81)82)68-41(80)14-13-36(53(93)94)70-47(87)31-9-11-32(12-10-31)63-24-34-25-64-46-45(67-34)52(92)75-56(60)74-46/h9-12,22-23,25,27,35-40,63H,6-8,13-21,24,26,28H2,1-5H3,(H,61,79)(H,68,80)(H,69,89)(H,70,87)(H,71,88)(H,72,90)(H,73,91)(H,81,82)(H,83,84)(H,85,86)(H,93,94)(H,95,96)(H4,58,59,62)(H3,60,64,74,75,92)/t35-,36-,37-,38-,39-,40-/m0/s1. The van der Waals surface area contributed by atoms with Crippen molar-refractivity contribution in [2.24, 2.45) is 5.73 Å². The number of carbonyl (C=O) groups excluding carboxylic acids is 7. The fourth-order valence-corrected chi connectivity index (χ4v) is 19.9. The summed E-state index contributed by atoms with van der Waals surface area (Å²) in [5.74, 6) is -16.6. The number of hydrogen-bond acceptors (Lipinski definition) is 25. The summed E-state index contributed by atoms with van der Waals surface area (Å²) < 4.78 is 8.01. The van der Waals surface area contributed by atoms with Crippen molar-refractivity contribution in [3.05, 3.63) is 81.9 Å². The number of carbonyl (C=O) groups is 12. The Morgan fingerprint density at radius 3 is 1.80 bits per heavy atom. The average molecular weight is 1450 g/mol. The lowest BCUT2D eigenvalue weighted by Gasteiger charge is -2.33. The van der Waals surface area contributed by atoms with Crippen molar-refractivity contribution in [2.45, 2.75) is 151 Å². The molecule has 5 rings (SSSR count). The van der Waals surface area contributed by atoms with E-state index in [4.69, 9.17) is 21.0 Å². The van der Waals surface area contributed by atoms with Crippen molar-refractivity contribution in [1.29, 1.82) is 5.41 Å². The Morgan fingerprint density at radius 1 is 0.670 bits per heavy atom. The molecule has 0 aliphatic carbocycles. The number of nitrogens with one attached hydrogen (secondary N) is 11. The van der Waals surface area contributed by atoms with Crippen molar-refractivity contribution in [3.63, 3.8) is 0 Å². The minimum Gasteiger partial charge on any atom is -0.481 e. The van der Waals surface area contributed by atoms with Crippen molar-refractivity contribution in [2.75, 3.05) is 29.5 Å². The van der Waals surface area contributed by atoms with Crippen LogP contribution >= 0.6 is 11.8 Å². The topological polar surface area (TPSA) is 627 Å². The van der Waals surface area contributed by atoms with Crippen LogP contribution in [0.5, 0.6) is 0 Å². The van der Waals surface area contributed by atoms with E-state index < -0.39 is 175 Å². The third kappa shape index (κ3) is 27.8. The molecule has 4 heterocycles. The van der Waals surface area contributed by atoms with Crippen LogP contribution in [0.15, 0.2) is 59.0 Å². The monoisotopic (exact) mass is 1450 g/mol. The smallest absolute Gasteiger partial charge is 0.326 e. The van der Waals surface area contributed by atoms with E-state index in [1.807, 2.05) is 5.32 Å². The summed E-state index contributed by atoms with van der Waals surface area (Å²) in [6.07, 6.45) is 0.673. The maximum Gasteiger partial charge on any atom is 0.326 e. The lowest BCUT2D eigenvalue weighted by Crippen LogP contribution is -2.59. The highest BCUT2D eigenvalue weighted by molar-refractivity contribution is 8.00. The van der Waals surface area contributed by atoms with Crippen LogP contribution in [0, 0.1) is 5.41 Å². The predicted octanol–water partition coefficient (Wildman–Crippen LogP) is -2.68. The lowest BCUT2D eigenvalue weighted by atomic mass is 10.1. The number of rotatable bonds is 42. The van der Waals surface area contributed by atoms with Crippen LogP contribution in [0.4, 0.5) is 11.6 Å². The highest BCUT2D eigenvalue weighted by atomic mass is 32.2. The zero-order valence-electron chi connectivity index (χ0n) is 54.8. The highest BCUT2D eigenvalue weighted by Crippen LogP contribution is 2.25.